The number of fused-ring (bicyclic) bond motifs is 7. The van der Waals surface area contributed by atoms with E-state index in [1.54, 1.807) is 11.1 Å². The quantitative estimate of drug-likeness (QED) is 0.187. The normalized spacial score (nSPS) is 24.2. The zero-order chi connectivity index (χ0) is 33.3. The summed E-state index contributed by atoms with van der Waals surface area (Å²) in [4.78, 5) is 10.6. The second-order valence-corrected chi connectivity index (χ2v) is 16.8. The minimum Gasteiger partial charge on any atom is -0.244 e. The first-order chi connectivity index (χ1) is 25.2. The van der Waals surface area contributed by atoms with Crippen LogP contribution < -0.4 is 0 Å². The third kappa shape index (κ3) is 3.93. The van der Waals surface area contributed by atoms with Crippen LogP contribution in [0.15, 0.2) is 133 Å². The zero-order valence-electron chi connectivity index (χ0n) is 28.3. The second-order valence-electron chi connectivity index (χ2n) is 15.7. The van der Waals surface area contributed by atoms with Crippen LogP contribution in [0.5, 0.6) is 0 Å². The van der Waals surface area contributed by atoms with Crippen LogP contribution in [0.3, 0.4) is 0 Å². The Morgan fingerprint density at radius 3 is 1.92 bits per heavy atom. The highest BCUT2D eigenvalue weighted by atomic mass is 32.1. The van der Waals surface area contributed by atoms with Crippen LogP contribution in [0.4, 0.5) is 0 Å². The van der Waals surface area contributed by atoms with E-state index in [0.717, 1.165) is 45.4 Å². The van der Waals surface area contributed by atoms with Gasteiger partial charge in [-0.2, -0.15) is 0 Å². The molecular weight excluding hydrogens is 637 g/mol. The molecule has 2 nitrogen and oxygen atoms in total. The van der Waals surface area contributed by atoms with Crippen molar-refractivity contribution in [2.24, 2.45) is 23.7 Å². The molecule has 0 amide bonds. The fraction of sp³-hybridized carbons (Fsp3) is 0.208. The van der Waals surface area contributed by atoms with E-state index in [1.165, 1.54) is 74.5 Å². The molecule has 6 aromatic carbocycles. The maximum atomic E-state index is 5.35. The first-order valence-electron chi connectivity index (χ1n) is 18.7. The molecule has 0 N–H and O–H groups in total. The van der Waals surface area contributed by atoms with Gasteiger partial charge in [0.1, 0.15) is 0 Å². The van der Waals surface area contributed by atoms with Gasteiger partial charge in [0, 0.05) is 36.7 Å². The van der Waals surface area contributed by atoms with Crippen molar-refractivity contribution in [1.29, 1.82) is 0 Å². The van der Waals surface area contributed by atoms with Gasteiger partial charge < -0.3 is 0 Å². The SMILES string of the molecule is c1ccc(-c2nc3ccccc3nc2-c2ccc3c(c2)-c2c(-c4ccc5c(c4)sc4ccccc45)cccc2C32C3CC4CC(C3)CC2C4)cc1. The Labute approximate surface area is 301 Å². The number of thiophene rings is 1. The molecule has 2 heterocycles. The third-order valence-electron chi connectivity index (χ3n) is 13.3. The summed E-state index contributed by atoms with van der Waals surface area (Å²) in [7, 11) is 0. The Morgan fingerprint density at radius 2 is 1.14 bits per heavy atom. The van der Waals surface area contributed by atoms with Crippen LogP contribution in [0, 0.1) is 23.7 Å². The van der Waals surface area contributed by atoms with E-state index in [1.807, 2.05) is 11.3 Å². The Balaban J connectivity index is 1.12. The summed E-state index contributed by atoms with van der Waals surface area (Å²) >= 11 is 1.91. The first kappa shape index (κ1) is 28.6. The van der Waals surface area contributed by atoms with Gasteiger partial charge in [0.2, 0.25) is 0 Å². The van der Waals surface area contributed by atoms with Crippen molar-refractivity contribution in [3.05, 3.63) is 145 Å². The van der Waals surface area contributed by atoms with Gasteiger partial charge in [-0.1, -0.05) is 103 Å². The highest BCUT2D eigenvalue weighted by molar-refractivity contribution is 7.25. The molecule has 0 saturated heterocycles. The van der Waals surface area contributed by atoms with Crippen LogP contribution in [-0.4, -0.2) is 9.97 Å². The number of hydrogen-bond donors (Lipinski definition) is 0. The van der Waals surface area contributed by atoms with Crippen molar-refractivity contribution in [3.8, 4) is 44.8 Å². The van der Waals surface area contributed by atoms with Crippen molar-refractivity contribution in [2.45, 2.75) is 37.5 Å². The largest absolute Gasteiger partial charge is 0.244 e. The maximum absolute atomic E-state index is 5.35. The average molecular weight is 673 g/mol. The molecule has 244 valence electrons. The molecule has 2 aromatic heterocycles. The van der Waals surface area contributed by atoms with Crippen molar-refractivity contribution in [2.75, 3.05) is 0 Å². The molecule has 0 unspecified atom stereocenters. The number of benzene rings is 6. The molecule has 4 saturated carbocycles. The predicted octanol–water partition coefficient (Wildman–Crippen LogP) is 12.7. The molecule has 4 bridgehead atoms. The summed E-state index contributed by atoms with van der Waals surface area (Å²) in [6.07, 6.45) is 6.96. The van der Waals surface area contributed by atoms with E-state index in [-0.39, 0.29) is 5.41 Å². The van der Waals surface area contributed by atoms with E-state index in [2.05, 4.69) is 133 Å². The number of hydrogen-bond acceptors (Lipinski definition) is 3. The lowest BCUT2D eigenvalue weighted by atomic mass is 9.43. The number of nitrogens with zero attached hydrogens (tertiary/aromatic N) is 2. The van der Waals surface area contributed by atoms with E-state index < -0.39 is 0 Å². The number of aromatic nitrogens is 2. The smallest absolute Gasteiger partial charge is 0.0973 e. The summed E-state index contributed by atoms with van der Waals surface area (Å²) in [5.41, 5.74) is 14.8. The van der Waals surface area contributed by atoms with Crippen molar-refractivity contribution in [1.82, 2.24) is 9.97 Å². The van der Waals surface area contributed by atoms with Gasteiger partial charge in [-0.25, -0.2) is 9.97 Å². The van der Waals surface area contributed by atoms with Gasteiger partial charge in [-0.3, -0.25) is 0 Å². The fourth-order valence-electron chi connectivity index (χ4n) is 11.5. The highest BCUT2D eigenvalue weighted by Gasteiger charge is 2.61. The van der Waals surface area contributed by atoms with Crippen LogP contribution in [0.25, 0.3) is 76.0 Å². The van der Waals surface area contributed by atoms with Gasteiger partial charge in [0.25, 0.3) is 0 Å². The lowest BCUT2D eigenvalue weighted by Crippen LogP contribution is -2.55. The second kappa shape index (κ2) is 10.5. The summed E-state index contributed by atoms with van der Waals surface area (Å²) in [5, 5.41) is 2.71. The summed E-state index contributed by atoms with van der Waals surface area (Å²) in [6, 6.07) is 49.6. The van der Waals surface area contributed by atoms with Gasteiger partial charge in [0.05, 0.1) is 22.4 Å². The Bertz CT molecular complexity index is 2690. The Hall–Kier alpha value is -5.12. The van der Waals surface area contributed by atoms with E-state index in [0.29, 0.717) is 11.8 Å². The van der Waals surface area contributed by atoms with Crippen molar-refractivity contribution >= 4 is 42.5 Å². The van der Waals surface area contributed by atoms with Crippen LogP contribution in [0.1, 0.15) is 43.2 Å². The first-order valence-corrected chi connectivity index (χ1v) is 19.6. The molecule has 13 rings (SSSR count). The minimum atomic E-state index is 0.0890. The molecule has 8 aromatic rings. The van der Waals surface area contributed by atoms with Gasteiger partial charge in [-0.05, 0) is 119 Å². The molecule has 4 fully saturated rings. The average Bonchev–Trinajstić information content (AvgIpc) is 3.69. The topological polar surface area (TPSA) is 25.8 Å². The van der Waals surface area contributed by atoms with Crippen molar-refractivity contribution < 1.29 is 0 Å². The predicted molar refractivity (Wildman–Crippen MR) is 212 cm³/mol. The highest BCUT2D eigenvalue weighted by Crippen LogP contribution is 2.70. The number of para-hydroxylation sites is 2. The Morgan fingerprint density at radius 1 is 0.471 bits per heavy atom. The lowest BCUT2D eigenvalue weighted by molar-refractivity contribution is -0.0399. The maximum Gasteiger partial charge on any atom is 0.0973 e. The van der Waals surface area contributed by atoms with Crippen LogP contribution >= 0.6 is 11.3 Å². The van der Waals surface area contributed by atoms with E-state index in [9.17, 15) is 0 Å². The Kier molecular flexibility index (Phi) is 5.86. The van der Waals surface area contributed by atoms with Crippen LogP contribution in [-0.2, 0) is 5.41 Å². The fourth-order valence-corrected chi connectivity index (χ4v) is 12.7. The van der Waals surface area contributed by atoms with Crippen LogP contribution in [0.2, 0.25) is 0 Å². The summed E-state index contributed by atoms with van der Waals surface area (Å²) < 4.78 is 2.72. The molecule has 5 aliphatic carbocycles. The molecule has 0 radical (unpaired) electrons. The summed E-state index contributed by atoms with van der Waals surface area (Å²) in [5.74, 6) is 3.23. The van der Waals surface area contributed by atoms with Gasteiger partial charge >= 0.3 is 0 Å². The lowest BCUT2D eigenvalue weighted by Gasteiger charge is -2.61. The van der Waals surface area contributed by atoms with E-state index in [4.69, 9.17) is 9.97 Å². The molecule has 3 heteroatoms. The van der Waals surface area contributed by atoms with Gasteiger partial charge in [0.15, 0.2) is 0 Å². The number of rotatable bonds is 3. The standard InChI is InChI=1S/C48H36N2S/c1-2-9-30(10-3-1)46-47(50-42-15-6-5-14-41(42)49-46)32-18-20-39-38(26-32)45-35(31-17-19-37-36-11-4-7-16-43(36)51-44(37)27-31)12-8-13-40(45)48(39)33-22-28-21-29(24-33)25-34(48)23-28/h1-20,26-29,33-34H,21-25H2. The van der Waals surface area contributed by atoms with Crippen molar-refractivity contribution in [3.63, 3.8) is 0 Å². The van der Waals surface area contributed by atoms with E-state index >= 15 is 0 Å². The molecule has 51 heavy (non-hydrogen) atoms. The minimum absolute atomic E-state index is 0.0890. The molecule has 0 atom stereocenters. The third-order valence-corrected chi connectivity index (χ3v) is 14.4. The van der Waals surface area contributed by atoms with Gasteiger partial charge in [-0.15, -0.1) is 11.3 Å². The molecule has 0 aliphatic heterocycles. The molecule has 1 spiro atoms. The molecule has 5 aliphatic rings. The summed E-state index contributed by atoms with van der Waals surface area (Å²) in [6.45, 7) is 0. The monoisotopic (exact) mass is 672 g/mol. The zero-order valence-corrected chi connectivity index (χ0v) is 29.2. The molecular formula is C48H36N2S.